The third-order valence-electron chi connectivity index (χ3n) is 2.90. The van der Waals surface area contributed by atoms with E-state index in [2.05, 4.69) is 34.1 Å². The summed E-state index contributed by atoms with van der Waals surface area (Å²) in [6, 6.07) is 13.8. The minimum absolute atomic E-state index is 0.347. The highest BCUT2D eigenvalue weighted by atomic mass is 35.5. The predicted octanol–water partition coefficient (Wildman–Crippen LogP) is 3.92. The first-order chi connectivity index (χ1) is 10.3. The Morgan fingerprint density at radius 2 is 2.00 bits per heavy atom. The number of hydrogen-bond donors (Lipinski definition) is 1. The molecule has 0 atom stereocenters. The standard InChI is InChI=1S/C17H15ClN2O/c18-17-12-11-15(16(20-17)13-19-21)10-6-2-5-9-14-7-3-1-4-8-14/h1,3-4,7-8,11-13,21H,2,5,9H2/b19-13+. The summed E-state index contributed by atoms with van der Waals surface area (Å²) in [7, 11) is 0. The molecule has 106 valence electrons. The van der Waals surface area contributed by atoms with Gasteiger partial charge >= 0.3 is 0 Å². The van der Waals surface area contributed by atoms with Gasteiger partial charge in [0.1, 0.15) is 10.8 Å². The lowest BCUT2D eigenvalue weighted by atomic mass is 10.1. The van der Waals surface area contributed by atoms with Gasteiger partial charge in [0.25, 0.3) is 0 Å². The second kappa shape index (κ2) is 8.08. The summed E-state index contributed by atoms with van der Waals surface area (Å²) in [6.07, 6.45) is 4.05. The van der Waals surface area contributed by atoms with Crippen molar-refractivity contribution in [3.05, 3.63) is 64.4 Å². The Bertz CT molecular complexity index is 672. The van der Waals surface area contributed by atoms with Gasteiger partial charge in [-0.25, -0.2) is 4.98 Å². The van der Waals surface area contributed by atoms with E-state index >= 15 is 0 Å². The molecule has 0 bridgehead atoms. The van der Waals surface area contributed by atoms with Crippen LogP contribution >= 0.6 is 11.6 Å². The lowest BCUT2D eigenvalue weighted by molar-refractivity contribution is 0.321. The Labute approximate surface area is 129 Å². The van der Waals surface area contributed by atoms with Crippen LogP contribution in [0.3, 0.4) is 0 Å². The number of nitrogens with zero attached hydrogens (tertiary/aromatic N) is 2. The van der Waals surface area contributed by atoms with Gasteiger partial charge in [-0.05, 0) is 30.5 Å². The van der Waals surface area contributed by atoms with Crippen molar-refractivity contribution in [1.82, 2.24) is 4.98 Å². The molecule has 0 aliphatic rings. The van der Waals surface area contributed by atoms with Gasteiger partial charge in [0, 0.05) is 6.42 Å². The van der Waals surface area contributed by atoms with Crippen LogP contribution in [0.5, 0.6) is 0 Å². The first-order valence-electron chi connectivity index (χ1n) is 6.66. The number of rotatable bonds is 4. The molecule has 3 nitrogen and oxygen atoms in total. The summed E-state index contributed by atoms with van der Waals surface area (Å²) < 4.78 is 0. The average Bonchev–Trinajstić information content (AvgIpc) is 2.50. The van der Waals surface area contributed by atoms with E-state index < -0.39 is 0 Å². The smallest absolute Gasteiger partial charge is 0.129 e. The number of hydrogen-bond acceptors (Lipinski definition) is 3. The quantitative estimate of drug-likeness (QED) is 0.232. The number of aromatic nitrogens is 1. The molecule has 21 heavy (non-hydrogen) atoms. The van der Waals surface area contributed by atoms with Gasteiger partial charge in [0.05, 0.1) is 11.8 Å². The summed E-state index contributed by atoms with van der Waals surface area (Å²) in [5.41, 5.74) is 2.50. The van der Waals surface area contributed by atoms with E-state index in [-0.39, 0.29) is 0 Å². The van der Waals surface area contributed by atoms with Crippen LogP contribution in [0.1, 0.15) is 29.7 Å². The van der Waals surface area contributed by atoms with Crippen LogP contribution in [0, 0.1) is 11.8 Å². The van der Waals surface area contributed by atoms with Crippen molar-refractivity contribution in [2.75, 3.05) is 0 Å². The Morgan fingerprint density at radius 1 is 1.19 bits per heavy atom. The summed E-state index contributed by atoms with van der Waals surface area (Å²) in [6.45, 7) is 0. The molecule has 1 N–H and O–H groups in total. The highest BCUT2D eigenvalue weighted by Gasteiger charge is 2.00. The van der Waals surface area contributed by atoms with Crippen LogP contribution in [0.25, 0.3) is 0 Å². The molecule has 2 aromatic rings. The fourth-order valence-electron chi connectivity index (χ4n) is 1.89. The number of pyridine rings is 1. The molecule has 0 radical (unpaired) electrons. The molecule has 2 rings (SSSR count). The van der Waals surface area contributed by atoms with Gasteiger partial charge in [-0.1, -0.05) is 58.9 Å². The average molecular weight is 299 g/mol. The van der Waals surface area contributed by atoms with E-state index in [0.717, 1.165) is 19.3 Å². The zero-order valence-electron chi connectivity index (χ0n) is 11.5. The van der Waals surface area contributed by atoms with E-state index in [4.69, 9.17) is 16.8 Å². The van der Waals surface area contributed by atoms with E-state index in [1.54, 1.807) is 12.1 Å². The van der Waals surface area contributed by atoms with E-state index in [1.165, 1.54) is 11.8 Å². The van der Waals surface area contributed by atoms with Crippen LogP contribution in [0.2, 0.25) is 5.15 Å². The topological polar surface area (TPSA) is 45.5 Å². The number of aryl methyl sites for hydroxylation is 1. The molecule has 0 aliphatic carbocycles. The second-order valence-corrected chi connectivity index (χ2v) is 4.84. The predicted molar refractivity (Wildman–Crippen MR) is 84.9 cm³/mol. The summed E-state index contributed by atoms with van der Waals surface area (Å²) in [5, 5.41) is 11.9. The number of halogens is 1. The molecular weight excluding hydrogens is 284 g/mol. The van der Waals surface area contributed by atoms with Crippen LogP contribution in [0.4, 0.5) is 0 Å². The van der Waals surface area contributed by atoms with Crippen molar-refractivity contribution in [3.8, 4) is 11.8 Å². The molecule has 0 unspecified atom stereocenters. The number of unbranched alkanes of at least 4 members (excludes halogenated alkanes) is 1. The molecule has 0 saturated carbocycles. The van der Waals surface area contributed by atoms with Crippen LogP contribution < -0.4 is 0 Å². The highest BCUT2D eigenvalue weighted by Crippen LogP contribution is 2.09. The zero-order valence-corrected chi connectivity index (χ0v) is 12.2. The molecule has 0 spiro atoms. The van der Waals surface area contributed by atoms with Crippen molar-refractivity contribution >= 4 is 17.8 Å². The van der Waals surface area contributed by atoms with E-state index in [0.29, 0.717) is 16.4 Å². The minimum Gasteiger partial charge on any atom is -0.411 e. The molecule has 0 fully saturated rings. The largest absolute Gasteiger partial charge is 0.411 e. The number of benzene rings is 1. The monoisotopic (exact) mass is 298 g/mol. The van der Waals surface area contributed by atoms with Crippen LogP contribution in [-0.4, -0.2) is 16.4 Å². The maximum atomic E-state index is 8.61. The fourth-order valence-corrected chi connectivity index (χ4v) is 2.05. The van der Waals surface area contributed by atoms with Crippen molar-refractivity contribution in [3.63, 3.8) is 0 Å². The van der Waals surface area contributed by atoms with Crippen molar-refractivity contribution in [2.24, 2.45) is 5.16 Å². The number of oxime groups is 1. The van der Waals surface area contributed by atoms with Crippen LogP contribution in [-0.2, 0) is 6.42 Å². The summed E-state index contributed by atoms with van der Waals surface area (Å²) in [5.74, 6) is 6.15. The molecular formula is C17H15ClN2O. The van der Waals surface area contributed by atoms with Crippen LogP contribution in [0.15, 0.2) is 47.6 Å². The molecule has 0 amide bonds. The van der Waals surface area contributed by atoms with Crippen molar-refractivity contribution in [1.29, 1.82) is 0 Å². The van der Waals surface area contributed by atoms with Gasteiger partial charge in [-0.15, -0.1) is 0 Å². The Morgan fingerprint density at radius 3 is 2.76 bits per heavy atom. The first-order valence-corrected chi connectivity index (χ1v) is 7.04. The Kier molecular flexibility index (Phi) is 5.81. The van der Waals surface area contributed by atoms with E-state index in [9.17, 15) is 0 Å². The lowest BCUT2D eigenvalue weighted by Crippen LogP contribution is -1.93. The SMILES string of the molecule is O/N=C/c1nc(Cl)ccc1C#CCCCc1ccccc1. The zero-order chi connectivity index (χ0) is 14.9. The second-order valence-electron chi connectivity index (χ2n) is 4.45. The van der Waals surface area contributed by atoms with Gasteiger partial charge in [0.15, 0.2) is 0 Å². The summed E-state index contributed by atoms with van der Waals surface area (Å²) in [4.78, 5) is 4.06. The normalized spacial score (nSPS) is 10.3. The lowest BCUT2D eigenvalue weighted by Gasteiger charge is -1.98. The maximum absolute atomic E-state index is 8.61. The fraction of sp³-hybridized carbons (Fsp3) is 0.176. The van der Waals surface area contributed by atoms with Gasteiger partial charge in [0.2, 0.25) is 0 Å². The molecule has 1 aromatic carbocycles. The Balaban J connectivity index is 1.94. The molecule has 0 aliphatic heterocycles. The Hall–Kier alpha value is -2.31. The third-order valence-corrected chi connectivity index (χ3v) is 3.11. The summed E-state index contributed by atoms with van der Waals surface area (Å²) >= 11 is 5.80. The van der Waals surface area contributed by atoms with Gasteiger partial charge in [-0.3, -0.25) is 0 Å². The molecule has 1 aromatic heterocycles. The highest BCUT2D eigenvalue weighted by molar-refractivity contribution is 6.29. The molecule has 0 saturated heterocycles. The maximum Gasteiger partial charge on any atom is 0.129 e. The molecule has 1 heterocycles. The minimum atomic E-state index is 0.347. The van der Waals surface area contributed by atoms with E-state index in [1.807, 2.05) is 18.2 Å². The van der Waals surface area contributed by atoms with Gasteiger partial charge < -0.3 is 5.21 Å². The molecule has 4 heteroatoms. The van der Waals surface area contributed by atoms with Crippen molar-refractivity contribution in [2.45, 2.75) is 19.3 Å². The first kappa shape index (κ1) is 15.1. The van der Waals surface area contributed by atoms with Gasteiger partial charge in [-0.2, -0.15) is 0 Å². The third kappa shape index (κ3) is 4.94. The van der Waals surface area contributed by atoms with Crippen molar-refractivity contribution < 1.29 is 5.21 Å².